The van der Waals surface area contributed by atoms with Crippen molar-refractivity contribution in [2.24, 2.45) is 0 Å². The molecule has 3 atom stereocenters. The van der Waals surface area contributed by atoms with Crippen LogP contribution in [0.2, 0.25) is 0 Å². The number of amides is 1. The van der Waals surface area contributed by atoms with E-state index in [0.717, 1.165) is 77.0 Å². The van der Waals surface area contributed by atoms with Crippen molar-refractivity contribution in [2.45, 2.75) is 290 Å². The Morgan fingerprint density at radius 3 is 1.33 bits per heavy atom. The maximum atomic E-state index is 13.5. The van der Waals surface area contributed by atoms with E-state index in [9.17, 15) is 19.0 Å². The van der Waals surface area contributed by atoms with Crippen LogP contribution in [0.4, 0.5) is 0 Å². The third-order valence-electron chi connectivity index (χ3n) is 13.1. The summed E-state index contributed by atoms with van der Waals surface area (Å²) in [7, 11) is 1.50. The number of quaternary nitrogens is 1. The molecule has 0 aliphatic heterocycles. The number of nitrogens with one attached hydrogen (secondary N) is 1. The van der Waals surface area contributed by atoms with Crippen molar-refractivity contribution < 1.29 is 37.3 Å². The number of carbonyl (C=O) groups excluding carboxylic acids is 2. The lowest BCUT2D eigenvalue weighted by Crippen LogP contribution is -2.47. The number of rotatable bonds is 53. The van der Waals surface area contributed by atoms with Crippen LogP contribution in [-0.4, -0.2) is 74.3 Å². The molecule has 0 aliphatic rings. The number of allylic oxidation sites excluding steroid dienone is 5. The van der Waals surface area contributed by atoms with Crippen LogP contribution in [0.5, 0.6) is 0 Å². The van der Waals surface area contributed by atoms with E-state index in [0.29, 0.717) is 23.9 Å². The average Bonchev–Trinajstić information content (AvgIpc) is 3.31. The maximum Gasteiger partial charge on any atom is 0.472 e. The predicted molar refractivity (Wildman–Crippen MR) is 296 cm³/mol. The molecular weight excluding hydrogens is 880 g/mol. The van der Waals surface area contributed by atoms with E-state index in [2.05, 4.69) is 50.4 Å². The Labute approximate surface area is 427 Å². The van der Waals surface area contributed by atoms with E-state index in [1.54, 1.807) is 0 Å². The molecule has 10 heteroatoms. The lowest BCUT2D eigenvalue weighted by Gasteiger charge is -2.27. The Hall–Kier alpha value is -1.77. The van der Waals surface area contributed by atoms with Gasteiger partial charge in [0.05, 0.1) is 33.8 Å². The third kappa shape index (κ3) is 51.0. The Balaban J connectivity index is 5.29. The average molecular weight is 995 g/mol. The normalized spacial score (nSPS) is 14.0. The van der Waals surface area contributed by atoms with E-state index in [4.69, 9.17) is 13.8 Å². The molecule has 2 N–H and O–H groups in total. The first kappa shape index (κ1) is 67.2. The molecule has 0 saturated heterocycles. The topological polar surface area (TPSA) is 111 Å². The number of phosphoric acid groups is 1. The number of likely N-dealkylation sites (N-methyl/N-ethyl adjacent to an activating group) is 1. The highest BCUT2D eigenvalue weighted by Gasteiger charge is 2.30. The summed E-state index contributed by atoms with van der Waals surface area (Å²) in [6.07, 6.45) is 58.4. The van der Waals surface area contributed by atoms with Crippen molar-refractivity contribution in [1.82, 2.24) is 5.32 Å². The fourth-order valence-corrected chi connectivity index (χ4v) is 9.24. The first-order valence-corrected chi connectivity index (χ1v) is 30.8. The van der Waals surface area contributed by atoms with Gasteiger partial charge in [-0.25, -0.2) is 4.57 Å². The van der Waals surface area contributed by atoms with Crippen molar-refractivity contribution in [3.05, 3.63) is 36.5 Å². The van der Waals surface area contributed by atoms with Crippen molar-refractivity contribution in [2.75, 3.05) is 40.9 Å². The van der Waals surface area contributed by atoms with Crippen LogP contribution >= 0.6 is 7.82 Å². The highest BCUT2D eigenvalue weighted by Crippen LogP contribution is 2.43. The second-order valence-corrected chi connectivity index (χ2v) is 22.6. The lowest BCUT2D eigenvalue weighted by molar-refractivity contribution is -0.870. The van der Waals surface area contributed by atoms with Crippen molar-refractivity contribution in [3.63, 3.8) is 0 Å². The summed E-state index contributed by atoms with van der Waals surface area (Å²) in [4.78, 5) is 37.6. The van der Waals surface area contributed by atoms with Crippen LogP contribution in [0.25, 0.3) is 0 Å². The summed E-state index contributed by atoms with van der Waals surface area (Å²) in [6.45, 7) is 6.99. The van der Waals surface area contributed by atoms with Crippen LogP contribution in [0, 0.1) is 0 Å². The number of hydrogen-bond acceptors (Lipinski definition) is 6. The smallest absolute Gasteiger partial charge is 0.456 e. The Kier molecular flexibility index (Phi) is 48.5. The molecule has 1 amide bonds. The van der Waals surface area contributed by atoms with Gasteiger partial charge in [0.2, 0.25) is 5.91 Å². The van der Waals surface area contributed by atoms with Crippen LogP contribution in [0.1, 0.15) is 278 Å². The van der Waals surface area contributed by atoms with Gasteiger partial charge >= 0.3 is 13.8 Å². The third-order valence-corrected chi connectivity index (χ3v) is 14.1. The molecule has 0 aromatic rings. The summed E-state index contributed by atoms with van der Waals surface area (Å²) >= 11 is 0. The highest BCUT2D eigenvalue weighted by molar-refractivity contribution is 7.47. The number of ether oxygens (including phenoxy) is 1. The SMILES string of the molecule is CCCCC/C=C\C/C=C\CCCCCCCCCC(=O)NC(COP(=O)(O)OCC[N+](C)(C)C)C(/C=C/CCCCCCCCCCC)OC(=O)CCCCCCCCCCCCCCCCC. The van der Waals surface area contributed by atoms with E-state index < -0.39 is 20.0 Å². The first-order chi connectivity index (χ1) is 33.4. The molecule has 3 unspecified atom stereocenters. The zero-order chi connectivity index (χ0) is 50.8. The van der Waals surface area contributed by atoms with Crippen LogP contribution in [-0.2, 0) is 27.9 Å². The van der Waals surface area contributed by atoms with Gasteiger partial charge in [0.25, 0.3) is 0 Å². The molecular formula is C59H114N2O7P+. The number of esters is 1. The molecule has 406 valence electrons. The summed E-state index contributed by atoms with van der Waals surface area (Å²) in [6, 6.07) is -0.847. The summed E-state index contributed by atoms with van der Waals surface area (Å²) in [5.41, 5.74) is 0. The maximum absolute atomic E-state index is 13.5. The van der Waals surface area contributed by atoms with E-state index in [1.165, 1.54) is 167 Å². The number of nitrogens with zero attached hydrogens (tertiary/aromatic N) is 1. The standard InChI is InChI=1S/C59H113N2O7P/c1-7-10-13-16-19-22-25-27-29-30-32-33-36-39-42-45-48-51-58(62)60-56(55-67-69(64,65)66-54-53-61(4,5)6)57(50-47-44-41-38-35-24-21-18-15-12-9-3)68-59(63)52-49-46-43-40-37-34-31-28-26-23-20-17-14-11-8-2/h19,22,27,29,47,50,56-57H,7-18,20-21,23-26,28,30-46,48-49,51-55H2,1-6H3,(H-,60,62,64,65)/p+1/b22-19-,29-27-,50-47+. The first-order valence-electron chi connectivity index (χ1n) is 29.3. The summed E-state index contributed by atoms with van der Waals surface area (Å²) < 4.78 is 30.6. The van der Waals surface area contributed by atoms with Gasteiger partial charge in [-0.15, -0.1) is 0 Å². The minimum Gasteiger partial charge on any atom is -0.456 e. The van der Waals surface area contributed by atoms with Gasteiger partial charge in [0.1, 0.15) is 19.3 Å². The minimum absolute atomic E-state index is 0.0405. The van der Waals surface area contributed by atoms with Gasteiger partial charge in [-0.05, 0) is 63.9 Å². The van der Waals surface area contributed by atoms with Crippen molar-refractivity contribution in [1.29, 1.82) is 0 Å². The van der Waals surface area contributed by atoms with Crippen molar-refractivity contribution in [3.8, 4) is 0 Å². The summed E-state index contributed by atoms with van der Waals surface area (Å²) in [5.74, 6) is -0.505. The fourth-order valence-electron chi connectivity index (χ4n) is 8.50. The van der Waals surface area contributed by atoms with Gasteiger partial charge in [-0.3, -0.25) is 18.6 Å². The molecule has 0 aromatic heterocycles. The molecule has 0 aliphatic carbocycles. The molecule has 0 radical (unpaired) electrons. The molecule has 0 fully saturated rings. The molecule has 69 heavy (non-hydrogen) atoms. The van der Waals surface area contributed by atoms with Crippen molar-refractivity contribution >= 4 is 19.7 Å². The Morgan fingerprint density at radius 1 is 0.507 bits per heavy atom. The molecule has 0 saturated carbocycles. The largest absolute Gasteiger partial charge is 0.472 e. The minimum atomic E-state index is -4.44. The lowest BCUT2D eigenvalue weighted by atomic mass is 10.0. The van der Waals surface area contributed by atoms with Gasteiger partial charge < -0.3 is 19.4 Å². The second kappa shape index (κ2) is 49.8. The molecule has 0 heterocycles. The van der Waals surface area contributed by atoms with Gasteiger partial charge in [0.15, 0.2) is 0 Å². The van der Waals surface area contributed by atoms with Gasteiger partial charge in [-0.1, -0.05) is 237 Å². The number of carbonyl (C=O) groups is 2. The van der Waals surface area contributed by atoms with Gasteiger partial charge in [-0.2, -0.15) is 0 Å². The van der Waals surface area contributed by atoms with Gasteiger partial charge in [0, 0.05) is 12.8 Å². The van der Waals surface area contributed by atoms with E-state index in [1.807, 2.05) is 33.3 Å². The summed E-state index contributed by atoms with van der Waals surface area (Å²) in [5, 5.41) is 3.05. The molecule has 9 nitrogen and oxygen atoms in total. The molecule has 0 spiro atoms. The van der Waals surface area contributed by atoms with Crippen LogP contribution in [0.15, 0.2) is 36.5 Å². The van der Waals surface area contributed by atoms with E-state index in [-0.39, 0.29) is 25.1 Å². The fraction of sp³-hybridized carbons (Fsp3) is 0.864. The van der Waals surface area contributed by atoms with Crippen LogP contribution < -0.4 is 5.32 Å². The van der Waals surface area contributed by atoms with Crippen LogP contribution in [0.3, 0.4) is 0 Å². The molecule has 0 bridgehead atoms. The zero-order valence-electron chi connectivity index (χ0n) is 46.3. The predicted octanol–water partition coefficient (Wildman–Crippen LogP) is 17.6. The number of unbranched alkanes of at least 4 members (excludes halogenated alkanes) is 33. The quantitative estimate of drug-likeness (QED) is 0.0205. The Bertz CT molecular complexity index is 1280. The Morgan fingerprint density at radius 2 is 0.884 bits per heavy atom. The monoisotopic (exact) mass is 994 g/mol. The number of phosphoric ester groups is 1. The van der Waals surface area contributed by atoms with E-state index >= 15 is 0 Å². The zero-order valence-corrected chi connectivity index (χ0v) is 47.2. The molecule has 0 aromatic carbocycles. The highest BCUT2D eigenvalue weighted by atomic mass is 31.2. The molecule has 0 rings (SSSR count). The number of hydrogen-bond donors (Lipinski definition) is 2. The second-order valence-electron chi connectivity index (χ2n) is 21.2.